The first-order chi connectivity index (χ1) is 21.5. The molecule has 0 aromatic heterocycles. The van der Waals surface area contributed by atoms with Crippen LogP contribution in [0.3, 0.4) is 0 Å². The SMILES string of the molecule is COc1ccc2c(c1)[C@@]1(O[C@H](CC(=O)N3CCC[C@H]3CO)[C@@H]([Si](C)(C)F)[C@@H]1C)C(=O)N2Cc1ccc(N2CCNCC2=O)cc1. The van der Waals surface area contributed by atoms with Crippen LogP contribution in [0.4, 0.5) is 15.5 Å². The van der Waals surface area contributed by atoms with E-state index in [1.807, 2.05) is 37.3 Å². The predicted molar refractivity (Wildman–Crippen MR) is 170 cm³/mol. The largest absolute Gasteiger partial charge is 0.497 e. The van der Waals surface area contributed by atoms with Gasteiger partial charge in [-0.15, -0.1) is 0 Å². The second-order valence-electron chi connectivity index (χ2n) is 13.2. The van der Waals surface area contributed by atoms with E-state index in [0.717, 1.165) is 30.6 Å². The van der Waals surface area contributed by atoms with Crippen molar-refractivity contribution in [1.29, 1.82) is 0 Å². The van der Waals surface area contributed by atoms with E-state index in [2.05, 4.69) is 5.32 Å². The minimum atomic E-state index is -3.46. The first kappa shape index (κ1) is 31.7. The molecule has 2 aromatic rings. The molecule has 242 valence electrons. The van der Waals surface area contributed by atoms with Gasteiger partial charge in [0.2, 0.25) is 20.2 Å². The summed E-state index contributed by atoms with van der Waals surface area (Å²) in [5, 5.41) is 12.9. The van der Waals surface area contributed by atoms with Crippen LogP contribution in [-0.2, 0) is 31.3 Å². The molecular formula is C33H43FN4O6Si. The smallest absolute Gasteiger partial charge is 0.264 e. The molecule has 0 saturated carbocycles. The number of carbonyl (C=O) groups excluding carboxylic acids is 3. The summed E-state index contributed by atoms with van der Waals surface area (Å²) in [6, 6.07) is 12.8. The number of anilines is 2. The number of benzene rings is 2. The summed E-state index contributed by atoms with van der Waals surface area (Å²) in [6.07, 6.45) is 0.696. The van der Waals surface area contributed by atoms with Crippen LogP contribution < -0.4 is 19.9 Å². The zero-order valence-corrected chi connectivity index (χ0v) is 27.4. The highest BCUT2D eigenvalue weighted by Gasteiger charge is 2.67. The minimum absolute atomic E-state index is 0.0134. The Bertz CT molecular complexity index is 1470. The average molecular weight is 639 g/mol. The Balaban J connectivity index is 1.33. The molecule has 0 aliphatic carbocycles. The maximum absolute atomic E-state index is 16.2. The summed E-state index contributed by atoms with van der Waals surface area (Å²) in [4.78, 5) is 45.7. The molecule has 4 aliphatic rings. The molecule has 12 heteroatoms. The Morgan fingerprint density at radius 2 is 1.93 bits per heavy atom. The number of nitrogens with zero attached hydrogens (tertiary/aromatic N) is 3. The van der Waals surface area contributed by atoms with Crippen LogP contribution in [0.1, 0.15) is 37.3 Å². The Morgan fingerprint density at radius 1 is 1.18 bits per heavy atom. The molecule has 4 heterocycles. The normalized spacial score (nSPS) is 28.4. The van der Waals surface area contributed by atoms with Crippen molar-refractivity contribution < 1.29 is 33.1 Å². The molecule has 6 rings (SSSR count). The predicted octanol–water partition coefficient (Wildman–Crippen LogP) is 3.33. The van der Waals surface area contributed by atoms with Crippen LogP contribution in [0.2, 0.25) is 18.6 Å². The lowest BCUT2D eigenvalue weighted by Gasteiger charge is -2.31. The van der Waals surface area contributed by atoms with Gasteiger partial charge in [-0.2, -0.15) is 0 Å². The van der Waals surface area contributed by atoms with Crippen LogP contribution in [0.25, 0.3) is 0 Å². The van der Waals surface area contributed by atoms with Gasteiger partial charge in [-0.3, -0.25) is 14.4 Å². The molecule has 0 bridgehead atoms. The van der Waals surface area contributed by atoms with Gasteiger partial charge in [-0.05, 0) is 61.8 Å². The summed E-state index contributed by atoms with van der Waals surface area (Å²) < 4.78 is 28.5. The Kier molecular flexibility index (Phi) is 8.53. The van der Waals surface area contributed by atoms with Crippen LogP contribution in [0, 0.1) is 5.92 Å². The number of likely N-dealkylation sites (tertiary alicyclic amines) is 1. The van der Waals surface area contributed by atoms with E-state index < -0.39 is 31.6 Å². The maximum Gasteiger partial charge on any atom is 0.264 e. The number of aliphatic hydroxyl groups is 1. The number of aliphatic hydroxyl groups excluding tert-OH is 1. The molecule has 2 aromatic carbocycles. The molecule has 0 radical (unpaired) electrons. The number of nitrogens with one attached hydrogen (secondary N) is 1. The van der Waals surface area contributed by atoms with E-state index in [1.54, 1.807) is 47.0 Å². The zero-order valence-electron chi connectivity index (χ0n) is 26.4. The van der Waals surface area contributed by atoms with E-state index >= 15 is 4.11 Å². The number of piperazine rings is 1. The topological polar surface area (TPSA) is 112 Å². The highest BCUT2D eigenvalue weighted by Crippen LogP contribution is 2.60. The molecule has 10 nitrogen and oxygen atoms in total. The summed E-state index contributed by atoms with van der Waals surface area (Å²) >= 11 is 0. The third-order valence-corrected chi connectivity index (χ3v) is 12.6. The van der Waals surface area contributed by atoms with Crippen LogP contribution in [0.15, 0.2) is 42.5 Å². The Morgan fingerprint density at radius 3 is 2.60 bits per heavy atom. The van der Waals surface area contributed by atoms with Gasteiger partial charge < -0.3 is 38.7 Å². The number of carbonyl (C=O) groups is 3. The van der Waals surface area contributed by atoms with Crippen molar-refractivity contribution in [1.82, 2.24) is 10.2 Å². The summed E-state index contributed by atoms with van der Waals surface area (Å²) in [5.41, 5.74) is 0.860. The van der Waals surface area contributed by atoms with Crippen LogP contribution >= 0.6 is 0 Å². The lowest BCUT2D eigenvalue weighted by atomic mass is 9.82. The van der Waals surface area contributed by atoms with Crippen molar-refractivity contribution in [2.75, 3.05) is 49.7 Å². The number of hydrogen-bond acceptors (Lipinski definition) is 7. The van der Waals surface area contributed by atoms with Crippen molar-refractivity contribution in [3.8, 4) is 5.75 Å². The number of ether oxygens (including phenoxy) is 2. The van der Waals surface area contributed by atoms with Gasteiger partial charge in [0.15, 0.2) is 5.60 Å². The first-order valence-corrected chi connectivity index (χ1v) is 18.8. The van der Waals surface area contributed by atoms with Gasteiger partial charge in [-0.25, -0.2) is 0 Å². The minimum Gasteiger partial charge on any atom is -0.497 e. The number of rotatable bonds is 8. The molecule has 4 aliphatic heterocycles. The third kappa shape index (κ3) is 5.45. The fourth-order valence-corrected chi connectivity index (χ4v) is 10.5. The summed E-state index contributed by atoms with van der Waals surface area (Å²) in [5.74, 6) is -0.440. The molecular weight excluding hydrogens is 595 g/mol. The number of methoxy groups -OCH3 is 1. The molecule has 3 saturated heterocycles. The molecule has 3 amide bonds. The van der Waals surface area contributed by atoms with Crippen molar-refractivity contribution in [2.45, 2.75) is 69.1 Å². The van der Waals surface area contributed by atoms with Crippen molar-refractivity contribution in [2.24, 2.45) is 5.92 Å². The summed E-state index contributed by atoms with van der Waals surface area (Å²) in [7, 11) is -1.90. The lowest BCUT2D eigenvalue weighted by molar-refractivity contribution is -0.150. The molecule has 0 unspecified atom stereocenters. The fourth-order valence-electron chi connectivity index (χ4n) is 8.00. The third-order valence-electron chi connectivity index (χ3n) is 10.1. The van der Waals surface area contributed by atoms with Crippen molar-refractivity contribution >= 4 is 37.5 Å². The number of hydrogen-bond donors (Lipinski definition) is 2. The van der Waals surface area contributed by atoms with Gasteiger partial charge in [0.25, 0.3) is 5.91 Å². The average Bonchev–Trinajstić information content (AvgIpc) is 3.68. The first-order valence-electron chi connectivity index (χ1n) is 15.9. The van der Waals surface area contributed by atoms with E-state index in [0.29, 0.717) is 36.6 Å². The van der Waals surface area contributed by atoms with Gasteiger partial charge in [0.1, 0.15) is 5.75 Å². The second kappa shape index (κ2) is 12.1. The lowest BCUT2D eigenvalue weighted by Crippen LogP contribution is -2.48. The van der Waals surface area contributed by atoms with Crippen LogP contribution in [-0.4, -0.2) is 88.2 Å². The standard InChI is InChI=1S/C33H43FN4O6Si/c1-21-31(45(3,4)34)28(17-29(40)36-14-5-6-24(36)20-39)44-33(21)26-16-25(43-2)11-12-27(26)38(32(33)42)19-22-7-9-23(10-8-22)37-15-13-35-18-30(37)41/h7-12,16,21,24,28,31,35,39H,5-6,13-15,17-20H2,1-4H3/t21-,24-,28+,31-,33+/m0/s1. The van der Waals surface area contributed by atoms with Gasteiger partial charge in [0.05, 0.1) is 51.1 Å². The van der Waals surface area contributed by atoms with Crippen LogP contribution in [0.5, 0.6) is 5.75 Å². The number of amides is 3. The van der Waals surface area contributed by atoms with Gasteiger partial charge in [-0.1, -0.05) is 19.1 Å². The molecule has 3 fully saturated rings. The number of fused-ring (bicyclic) bond motifs is 2. The van der Waals surface area contributed by atoms with E-state index in [-0.39, 0.29) is 43.3 Å². The van der Waals surface area contributed by atoms with E-state index in [9.17, 15) is 19.5 Å². The zero-order chi connectivity index (χ0) is 32.1. The van der Waals surface area contributed by atoms with Crippen molar-refractivity contribution in [3.63, 3.8) is 0 Å². The fraction of sp³-hybridized carbons (Fsp3) is 0.545. The van der Waals surface area contributed by atoms with E-state index in [4.69, 9.17) is 9.47 Å². The van der Waals surface area contributed by atoms with Gasteiger partial charge in [0, 0.05) is 42.3 Å². The maximum atomic E-state index is 16.2. The Hall–Kier alpha value is -3.32. The highest BCUT2D eigenvalue weighted by molar-refractivity contribution is 6.72. The Labute approximate surface area is 264 Å². The molecule has 2 N–H and O–H groups in total. The van der Waals surface area contributed by atoms with Crippen molar-refractivity contribution in [3.05, 3.63) is 53.6 Å². The number of halogens is 1. The van der Waals surface area contributed by atoms with E-state index in [1.165, 1.54) is 0 Å². The highest BCUT2D eigenvalue weighted by atomic mass is 28.4. The quantitative estimate of drug-likeness (QED) is 0.337. The molecule has 1 spiro atoms. The second-order valence-corrected chi connectivity index (χ2v) is 17.0. The molecule has 45 heavy (non-hydrogen) atoms. The monoisotopic (exact) mass is 638 g/mol. The molecule has 5 atom stereocenters. The summed E-state index contributed by atoms with van der Waals surface area (Å²) in [6.45, 7) is 7.42. The van der Waals surface area contributed by atoms with Gasteiger partial charge >= 0.3 is 0 Å².